The molecule has 1 aliphatic heterocycles. The summed E-state index contributed by atoms with van der Waals surface area (Å²) in [5, 5.41) is 3.80. The lowest BCUT2D eigenvalue weighted by molar-refractivity contribution is -0.143. The Morgan fingerprint density at radius 2 is 2.14 bits per heavy atom. The molecule has 1 atom stereocenters. The van der Waals surface area contributed by atoms with E-state index in [0.29, 0.717) is 28.3 Å². The first kappa shape index (κ1) is 19.0. The molecular formula is C20H22N2O5S. The van der Waals surface area contributed by atoms with Crippen LogP contribution < -0.4 is 14.8 Å². The Labute approximate surface area is 167 Å². The minimum absolute atomic E-state index is 0.0131. The fraction of sp³-hybridized carbons (Fsp3) is 0.450. The normalized spacial score (nSPS) is 20.2. The lowest BCUT2D eigenvalue weighted by atomic mass is 10.0. The average Bonchev–Trinajstić information content (AvgIpc) is 3.56. The van der Waals surface area contributed by atoms with E-state index in [-0.39, 0.29) is 24.1 Å². The van der Waals surface area contributed by atoms with E-state index in [1.165, 1.54) is 18.9 Å². The van der Waals surface area contributed by atoms with Crippen molar-refractivity contribution < 1.29 is 23.8 Å². The van der Waals surface area contributed by atoms with Gasteiger partial charge in [-0.25, -0.2) is 4.98 Å². The van der Waals surface area contributed by atoms with Crippen LogP contribution >= 0.6 is 11.8 Å². The lowest BCUT2D eigenvalue weighted by Gasteiger charge is -2.22. The van der Waals surface area contributed by atoms with Gasteiger partial charge in [0.2, 0.25) is 0 Å². The topological polar surface area (TPSA) is 86.8 Å². The van der Waals surface area contributed by atoms with E-state index >= 15 is 0 Å². The molecule has 1 aliphatic carbocycles. The predicted octanol–water partition coefficient (Wildman–Crippen LogP) is 2.52. The third-order valence-electron chi connectivity index (χ3n) is 4.96. The molecule has 0 spiro atoms. The van der Waals surface area contributed by atoms with Crippen LogP contribution in [0.3, 0.4) is 0 Å². The molecule has 4 rings (SSSR count). The number of fused-ring (bicyclic) bond motifs is 3. The molecule has 1 aromatic carbocycles. The van der Waals surface area contributed by atoms with Gasteiger partial charge in [0.1, 0.15) is 18.4 Å². The van der Waals surface area contributed by atoms with Crippen LogP contribution in [0.5, 0.6) is 11.5 Å². The maximum atomic E-state index is 13.1. The molecule has 1 N–H and O–H groups in total. The van der Waals surface area contributed by atoms with Gasteiger partial charge >= 0.3 is 5.97 Å². The van der Waals surface area contributed by atoms with Crippen LogP contribution in [-0.2, 0) is 9.53 Å². The standard InChI is InChI=1S/C20H22N2O5S/c1-25-12-5-6-14-13(7-12)17-16(23)9-28-10-21-15(20(24)26-2)8-27-19(17)18(22-14)11-3-4-11/h5-7,11,15,21H,3-4,8-10H2,1-2H3. The van der Waals surface area contributed by atoms with Gasteiger partial charge in [-0.05, 0) is 31.0 Å². The summed E-state index contributed by atoms with van der Waals surface area (Å²) in [5.41, 5.74) is 2.09. The molecule has 1 fully saturated rings. The van der Waals surface area contributed by atoms with Gasteiger partial charge in [0.05, 0.1) is 36.7 Å². The van der Waals surface area contributed by atoms with E-state index in [9.17, 15) is 9.59 Å². The Kier molecular flexibility index (Phi) is 5.41. The maximum Gasteiger partial charge on any atom is 0.326 e. The van der Waals surface area contributed by atoms with Gasteiger partial charge in [-0.15, -0.1) is 11.8 Å². The zero-order valence-electron chi connectivity index (χ0n) is 15.8. The molecule has 1 aromatic heterocycles. The molecule has 0 radical (unpaired) electrons. The van der Waals surface area contributed by atoms with E-state index in [4.69, 9.17) is 19.2 Å². The third-order valence-corrected chi connectivity index (χ3v) is 5.80. The van der Waals surface area contributed by atoms with Crippen molar-refractivity contribution in [3.63, 3.8) is 0 Å². The van der Waals surface area contributed by atoms with E-state index in [0.717, 1.165) is 24.1 Å². The second-order valence-electron chi connectivity index (χ2n) is 6.87. The molecule has 2 heterocycles. The lowest BCUT2D eigenvalue weighted by Crippen LogP contribution is -2.42. The number of carbonyl (C=O) groups is 2. The second-order valence-corrected chi connectivity index (χ2v) is 7.85. The molecule has 0 bridgehead atoms. The quantitative estimate of drug-likeness (QED) is 0.784. The molecule has 1 saturated carbocycles. The number of Topliss-reactive ketones (excluding diaryl/α,β-unsaturated/α-hetero) is 1. The monoisotopic (exact) mass is 402 g/mol. The number of hydrogen-bond acceptors (Lipinski definition) is 8. The predicted molar refractivity (Wildman–Crippen MR) is 106 cm³/mol. The number of hydrogen-bond donors (Lipinski definition) is 1. The smallest absolute Gasteiger partial charge is 0.326 e. The van der Waals surface area contributed by atoms with Gasteiger partial charge in [-0.2, -0.15) is 0 Å². The zero-order valence-corrected chi connectivity index (χ0v) is 16.6. The summed E-state index contributed by atoms with van der Waals surface area (Å²) in [6, 6.07) is 4.94. The Hall–Kier alpha value is -2.32. The van der Waals surface area contributed by atoms with E-state index < -0.39 is 12.0 Å². The highest BCUT2D eigenvalue weighted by Gasteiger charge is 2.34. The Balaban J connectivity index is 1.87. The molecule has 0 saturated heterocycles. The molecule has 1 unspecified atom stereocenters. The summed E-state index contributed by atoms with van der Waals surface area (Å²) < 4.78 is 16.3. The van der Waals surface area contributed by atoms with Crippen molar-refractivity contribution in [2.75, 3.05) is 32.5 Å². The zero-order chi connectivity index (χ0) is 19.7. The summed E-state index contributed by atoms with van der Waals surface area (Å²) in [5.74, 6) is 1.75. The minimum atomic E-state index is -0.605. The Bertz CT molecular complexity index is 928. The van der Waals surface area contributed by atoms with Crippen LogP contribution in [0.2, 0.25) is 0 Å². The molecule has 148 valence electrons. The van der Waals surface area contributed by atoms with Crippen molar-refractivity contribution in [3.8, 4) is 11.5 Å². The SMILES string of the molecule is COC(=O)C1COc2c(C3CC3)nc3ccc(OC)cc3c2C(=O)CSCN1. The summed E-state index contributed by atoms with van der Waals surface area (Å²) in [6.07, 6.45) is 2.04. The number of carbonyl (C=O) groups excluding carboxylic acids is 2. The van der Waals surface area contributed by atoms with Gasteiger partial charge in [-0.3, -0.25) is 14.9 Å². The number of rotatable bonds is 3. The number of nitrogens with zero attached hydrogens (tertiary/aromatic N) is 1. The average molecular weight is 402 g/mol. The molecule has 7 nitrogen and oxygen atoms in total. The summed E-state index contributed by atoms with van der Waals surface area (Å²) in [6.45, 7) is 0.0738. The number of esters is 1. The van der Waals surface area contributed by atoms with E-state index in [1.54, 1.807) is 7.11 Å². The highest BCUT2D eigenvalue weighted by molar-refractivity contribution is 7.99. The Morgan fingerprint density at radius 3 is 2.86 bits per heavy atom. The number of methoxy groups -OCH3 is 2. The van der Waals surface area contributed by atoms with Gasteiger partial charge in [0.25, 0.3) is 0 Å². The van der Waals surface area contributed by atoms with Crippen molar-refractivity contribution in [2.24, 2.45) is 0 Å². The maximum absolute atomic E-state index is 13.1. The number of benzene rings is 1. The van der Waals surface area contributed by atoms with Crippen molar-refractivity contribution >= 4 is 34.4 Å². The fourth-order valence-corrected chi connectivity index (χ4v) is 4.07. The molecule has 2 aromatic rings. The van der Waals surface area contributed by atoms with Crippen molar-refractivity contribution in [1.82, 2.24) is 10.3 Å². The van der Waals surface area contributed by atoms with Crippen molar-refractivity contribution in [1.29, 1.82) is 0 Å². The van der Waals surface area contributed by atoms with Crippen LogP contribution in [0, 0.1) is 0 Å². The first-order chi connectivity index (χ1) is 13.6. The minimum Gasteiger partial charge on any atom is -0.497 e. The summed E-state index contributed by atoms with van der Waals surface area (Å²) in [4.78, 5) is 30.0. The van der Waals surface area contributed by atoms with Crippen LogP contribution in [0.1, 0.15) is 34.8 Å². The number of ketones is 1. The highest BCUT2D eigenvalue weighted by atomic mass is 32.2. The number of nitrogens with one attached hydrogen (secondary N) is 1. The van der Waals surface area contributed by atoms with Crippen molar-refractivity contribution in [2.45, 2.75) is 24.8 Å². The summed E-state index contributed by atoms with van der Waals surface area (Å²) in [7, 11) is 2.94. The third kappa shape index (κ3) is 3.66. The van der Waals surface area contributed by atoms with Crippen LogP contribution in [0.25, 0.3) is 10.9 Å². The Morgan fingerprint density at radius 1 is 1.32 bits per heavy atom. The van der Waals surface area contributed by atoms with Crippen LogP contribution in [-0.4, -0.2) is 55.2 Å². The van der Waals surface area contributed by atoms with Crippen LogP contribution in [0.15, 0.2) is 18.2 Å². The summed E-state index contributed by atoms with van der Waals surface area (Å²) >= 11 is 1.43. The molecule has 2 aliphatic rings. The van der Waals surface area contributed by atoms with Gasteiger partial charge in [0.15, 0.2) is 11.5 Å². The van der Waals surface area contributed by atoms with Crippen LogP contribution in [0.4, 0.5) is 0 Å². The highest BCUT2D eigenvalue weighted by Crippen LogP contribution is 2.46. The van der Waals surface area contributed by atoms with Gasteiger partial charge < -0.3 is 14.2 Å². The van der Waals surface area contributed by atoms with Gasteiger partial charge in [-0.1, -0.05) is 0 Å². The van der Waals surface area contributed by atoms with E-state index in [1.807, 2.05) is 18.2 Å². The number of ether oxygens (including phenoxy) is 3. The first-order valence-electron chi connectivity index (χ1n) is 9.19. The van der Waals surface area contributed by atoms with Gasteiger partial charge in [0, 0.05) is 17.2 Å². The van der Waals surface area contributed by atoms with E-state index in [2.05, 4.69) is 5.32 Å². The number of aromatic nitrogens is 1. The molecule has 28 heavy (non-hydrogen) atoms. The number of pyridine rings is 1. The largest absolute Gasteiger partial charge is 0.497 e. The number of thioether (sulfide) groups is 1. The second kappa shape index (κ2) is 7.97. The van der Waals surface area contributed by atoms with Crippen molar-refractivity contribution in [3.05, 3.63) is 29.5 Å². The molecule has 0 amide bonds. The fourth-order valence-electron chi connectivity index (χ4n) is 3.32. The molecule has 8 heteroatoms. The molecular weight excluding hydrogens is 380 g/mol. The first-order valence-corrected chi connectivity index (χ1v) is 10.3.